The molecule has 1 aromatic carbocycles. The average molecular weight is 300 g/mol. The number of benzene rings is 1. The highest BCUT2D eigenvalue weighted by Crippen LogP contribution is 2.36. The number of hydrogen-bond acceptors (Lipinski definition) is 3. The molecule has 2 aliphatic rings. The van der Waals surface area contributed by atoms with Crippen LogP contribution in [0.5, 0.6) is 0 Å². The molecule has 3 nitrogen and oxygen atoms in total. The van der Waals surface area contributed by atoms with Crippen molar-refractivity contribution in [1.82, 2.24) is 0 Å². The van der Waals surface area contributed by atoms with Gasteiger partial charge in [-0.05, 0) is 37.8 Å². The molecule has 0 radical (unpaired) electrons. The average Bonchev–Trinajstić information content (AvgIpc) is 2.44. The van der Waals surface area contributed by atoms with Gasteiger partial charge in [0.15, 0.2) is 0 Å². The van der Waals surface area contributed by atoms with Crippen LogP contribution in [0.2, 0.25) is 5.02 Å². The number of hydrogen-bond donors (Lipinski definition) is 1. The van der Waals surface area contributed by atoms with Crippen LogP contribution in [-0.2, 0) is 9.47 Å². The van der Waals surface area contributed by atoms with Crippen LogP contribution in [0.25, 0.3) is 0 Å². The number of anilines is 1. The zero-order valence-electron chi connectivity index (χ0n) is 11.3. The molecule has 110 valence electrons. The maximum absolute atomic E-state index is 13.8. The van der Waals surface area contributed by atoms with E-state index >= 15 is 0 Å². The van der Waals surface area contributed by atoms with Crippen molar-refractivity contribution in [3.05, 3.63) is 29.0 Å². The number of nitrogens with one attached hydrogen (secondary N) is 1. The van der Waals surface area contributed by atoms with Gasteiger partial charge in [-0.3, -0.25) is 0 Å². The molecule has 2 fully saturated rings. The molecule has 1 aromatic rings. The fourth-order valence-corrected chi connectivity index (χ4v) is 3.30. The normalized spacial score (nSPS) is 25.6. The van der Waals surface area contributed by atoms with Gasteiger partial charge in [0.1, 0.15) is 5.82 Å². The summed E-state index contributed by atoms with van der Waals surface area (Å²) in [5.74, 6) is -0.301. The summed E-state index contributed by atoms with van der Waals surface area (Å²) in [6.07, 6.45) is 3.57. The maximum Gasteiger partial charge on any atom is 0.147 e. The summed E-state index contributed by atoms with van der Waals surface area (Å²) in [6, 6.07) is 4.94. The van der Waals surface area contributed by atoms with Crippen molar-refractivity contribution in [2.45, 2.75) is 37.3 Å². The first-order valence-electron chi connectivity index (χ1n) is 7.11. The summed E-state index contributed by atoms with van der Waals surface area (Å²) in [6.45, 7) is 2.18. The van der Waals surface area contributed by atoms with Gasteiger partial charge < -0.3 is 14.8 Å². The lowest BCUT2D eigenvalue weighted by Crippen LogP contribution is -2.47. The Bertz CT molecular complexity index is 451. The minimum Gasteiger partial charge on any atom is -0.381 e. The summed E-state index contributed by atoms with van der Waals surface area (Å²) in [4.78, 5) is 0. The minimum absolute atomic E-state index is 0.105. The Morgan fingerprint density at radius 3 is 2.80 bits per heavy atom. The topological polar surface area (TPSA) is 30.5 Å². The Labute approximate surface area is 123 Å². The summed E-state index contributed by atoms with van der Waals surface area (Å²) in [7, 11) is 0. The third kappa shape index (κ3) is 2.92. The van der Waals surface area contributed by atoms with Crippen LogP contribution in [0.3, 0.4) is 0 Å². The van der Waals surface area contributed by atoms with Crippen LogP contribution in [0, 0.1) is 5.82 Å². The Morgan fingerprint density at radius 2 is 2.05 bits per heavy atom. The Balaban J connectivity index is 1.71. The second-order valence-electron chi connectivity index (χ2n) is 5.57. The fraction of sp³-hybridized carbons (Fsp3) is 0.600. The van der Waals surface area contributed by atoms with E-state index in [1.807, 2.05) is 0 Å². The Kier molecular flexibility index (Phi) is 4.15. The van der Waals surface area contributed by atoms with Gasteiger partial charge in [-0.25, -0.2) is 4.39 Å². The molecular formula is C15H19ClFNO2. The number of halogens is 2. The molecule has 1 spiro atoms. The monoisotopic (exact) mass is 299 g/mol. The summed E-state index contributed by atoms with van der Waals surface area (Å²) in [5, 5.41) is 3.69. The van der Waals surface area contributed by atoms with Crippen molar-refractivity contribution in [1.29, 1.82) is 0 Å². The van der Waals surface area contributed by atoms with Gasteiger partial charge >= 0.3 is 0 Å². The van der Waals surface area contributed by atoms with Crippen LogP contribution in [-0.4, -0.2) is 31.5 Å². The van der Waals surface area contributed by atoms with Gasteiger partial charge in [-0.1, -0.05) is 17.7 Å². The third-order valence-corrected chi connectivity index (χ3v) is 4.52. The first kappa shape index (κ1) is 14.1. The molecule has 2 aliphatic heterocycles. The van der Waals surface area contributed by atoms with E-state index in [0.29, 0.717) is 17.3 Å². The Morgan fingerprint density at radius 1 is 1.25 bits per heavy atom. The smallest absolute Gasteiger partial charge is 0.147 e. The molecule has 2 saturated heterocycles. The lowest BCUT2D eigenvalue weighted by molar-refractivity contribution is -0.135. The predicted octanol–water partition coefficient (Wildman–Crippen LogP) is 3.62. The van der Waals surface area contributed by atoms with E-state index < -0.39 is 0 Å². The molecule has 3 rings (SSSR count). The van der Waals surface area contributed by atoms with Crippen LogP contribution in [0.15, 0.2) is 18.2 Å². The minimum atomic E-state index is -0.301. The van der Waals surface area contributed by atoms with Gasteiger partial charge in [-0.2, -0.15) is 0 Å². The van der Waals surface area contributed by atoms with Crippen molar-refractivity contribution in [2.24, 2.45) is 0 Å². The fourth-order valence-electron chi connectivity index (χ4n) is 3.08. The Hall–Kier alpha value is -0.840. The summed E-state index contributed by atoms with van der Waals surface area (Å²) in [5.41, 5.74) is 0.301. The van der Waals surface area contributed by atoms with E-state index in [-0.39, 0.29) is 17.5 Å². The highest BCUT2D eigenvalue weighted by atomic mass is 35.5. The molecular weight excluding hydrogens is 281 g/mol. The van der Waals surface area contributed by atoms with Crippen molar-refractivity contribution in [2.75, 3.05) is 25.1 Å². The largest absolute Gasteiger partial charge is 0.381 e. The van der Waals surface area contributed by atoms with Crippen molar-refractivity contribution in [3.8, 4) is 0 Å². The zero-order chi connectivity index (χ0) is 14.0. The summed E-state index contributed by atoms with van der Waals surface area (Å²) >= 11 is 6.07. The molecule has 1 unspecified atom stereocenters. The van der Waals surface area contributed by atoms with E-state index in [0.717, 1.165) is 38.9 Å². The molecule has 5 heteroatoms. The van der Waals surface area contributed by atoms with Crippen LogP contribution >= 0.6 is 11.6 Å². The van der Waals surface area contributed by atoms with E-state index in [9.17, 15) is 4.39 Å². The van der Waals surface area contributed by atoms with Gasteiger partial charge in [0.05, 0.1) is 16.3 Å². The van der Waals surface area contributed by atoms with Crippen LogP contribution in [0.1, 0.15) is 25.7 Å². The van der Waals surface area contributed by atoms with Gasteiger partial charge in [0.2, 0.25) is 0 Å². The molecule has 0 amide bonds. The van der Waals surface area contributed by atoms with E-state index in [2.05, 4.69) is 5.32 Å². The lowest BCUT2D eigenvalue weighted by atomic mass is 9.84. The maximum atomic E-state index is 13.8. The molecule has 0 aliphatic carbocycles. The predicted molar refractivity (Wildman–Crippen MR) is 76.8 cm³/mol. The standard InChI is InChI=1S/C15H19ClFNO2/c16-12-2-1-3-13(17)14(12)18-11-4-7-20-15(10-11)5-8-19-9-6-15/h1-3,11,18H,4-10H2. The van der Waals surface area contributed by atoms with Crippen LogP contribution < -0.4 is 5.32 Å². The number of para-hydroxylation sites is 1. The molecule has 0 aromatic heterocycles. The molecule has 0 bridgehead atoms. The second-order valence-corrected chi connectivity index (χ2v) is 5.98. The highest BCUT2D eigenvalue weighted by Gasteiger charge is 2.39. The van der Waals surface area contributed by atoms with Crippen LogP contribution in [0.4, 0.5) is 10.1 Å². The van der Waals surface area contributed by atoms with E-state index in [1.165, 1.54) is 6.07 Å². The molecule has 1 N–H and O–H groups in total. The van der Waals surface area contributed by atoms with E-state index in [4.69, 9.17) is 21.1 Å². The molecule has 2 heterocycles. The second kappa shape index (κ2) is 5.88. The first-order valence-corrected chi connectivity index (χ1v) is 7.49. The number of rotatable bonds is 2. The number of ether oxygens (including phenoxy) is 2. The van der Waals surface area contributed by atoms with Gasteiger partial charge in [0.25, 0.3) is 0 Å². The van der Waals surface area contributed by atoms with E-state index in [1.54, 1.807) is 12.1 Å². The highest BCUT2D eigenvalue weighted by molar-refractivity contribution is 6.33. The molecule has 0 saturated carbocycles. The first-order chi connectivity index (χ1) is 9.69. The van der Waals surface area contributed by atoms with Crippen molar-refractivity contribution in [3.63, 3.8) is 0 Å². The zero-order valence-corrected chi connectivity index (χ0v) is 12.1. The third-order valence-electron chi connectivity index (χ3n) is 4.21. The molecule has 20 heavy (non-hydrogen) atoms. The van der Waals surface area contributed by atoms with Crippen molar-refractivity contribution >= 4 is 17.3 Å². The van der Waals surface area contributed by atoms with Gasteiger partial charge in [0, 0.05) is 25.9 Å². The SMILES string of the molecule is Fc1cccc(Cl)c1NC1CCOC2(CCOCC2)C1. The molecule has 1 atom stereocenters. The van der Waals surface area contributed by atoms with Crippen molar-refractivity contribution < 1.29 is 13.9 Å². The summed E-state index contributed by atoms with van der Waals surface area (Å²) < 4.78 is 25.2. The quantitative estimate of drug-likeness (QED) is 0.905. The van der Waals surface area contributed by atoms with Gasteiger partial charge in [-0.15, -0.1) is 0 Å². The lowest BCUT2D eigenvalue weighted by Gasteiger charge is -2.43.